The highest BCUT2D eigenvalue weighted by Gasteiger charge is 2.25. The molecule has 0 saturated carbocycles. The second-order valence-corrected chi connectivity index (χ2v) is 7.32. The molecule has 0 aliphatic carbocycles. The fourth-order valence-corrected chi connectivity index (χ4v) is 4.08. The summed E-state index contributed by atoms with van der Waals surface area (Å²) in [5.41, 5.74) is 1.71. The van der Waals surface area contributed by atoms with Crippen LogP contribution in [-0.4, -0.2) is 28.2 Å². The molecule has 1 aliphatic rings. The summed E-state index contributed by atoms with van der Waals surface area (Å²) in [5, 5.41) is 3.59. The van der Waals surface area contributed by atoms with E-state index in [9.17, 15) is 9.59 Å². The highest BCUT2D eigenvalue weighted by molar-refractivity contribution is 7.15. The lowest BCUT2D eigenvalue weighted by molar-refractivity contribution is -0.120. The van der Waals surface area contributed by atoms with Crippen LogP contribution >= 0.6 is 11.3 Å². The zero-order chi connectivity index (χ0) is 17.8. The quantitative estimate of drug-likeness (QED) is 0.887. The van der Waals surface area contributed by atoms with E-state index in [1.54, 1.807) is 0 Å². The number of hydrogen-bond acceptors (Lipinski definition) is 4. The van der Waals surface area contributed by atoms with Crippen molar-refractivity contribution >= 4 is 28.3 Å². The van der Waals surface area contributed by atoms with Crippen LogP contribution in [0.5, 0.6) is 0 Å². The van der Waals surface area contributed by atoms with Crippen molar-refractivity contribution in [2.24, 2.45) is 5.92 Å². The standard InChI is InChI=1S/C19H23N3O2S/c1-3-13(4-2)17(23)21-19-20-15-10-11-22(12-16(15)25-19)18(24)14-8-6-5-7-9-14/h5-9,13H,3-4,10-12H2,1-2H3,(H,20,21,23). The van der Waals surface area contributed by atoms with E-state index in [4.69, 9.17) is 0 Å². The molecule has 3 rings (SSSR count). The van der Waals surface area contributed by atoms with Crippen molar-refractivity contribution in [2.45, 2.75) is 39.7 Å². The van der Waals surface area contributed by atoms with E-state index in [1.807, 2.05) is 49.1 Å². The molecule has 2 heterocycles. The molecular weight excluding hydrogens is 334 g/mol. The topological polar surface area (TPSA) is 62.3 Å². The van der Waals surface area contributed by atoms with Crippen molar-refractivity contribution in [3.8, 4) is 0 Å². The highest BCUT2D eigenvalue weighted by Crippen LogP contribution is 2.29. The predicted molar refractivity (Wildman–Crippen MR) is 99.7 cm³/mol. The van der Waals surface area contributed by atoms with Gasteiger partial charge in [-0.15, -0.1) is 0 Å². The lowest BCUT2D eigenvalue weighted by Gasteiger charge is -2.26. The third-order valence-corrected chi connectivity index (χ3v) is 5.62. The first-order valence-corrected chi connectivity index (χ1v) is 9.57. The number of amides is 2. The summed E-state index contributed by atoms with van der Waals surface area (Å²) in [5.74, 6) is 0.104. The molecular formula is C19H23N3O2S. The summed E-state index contributed by atoms with van der Waals surface area (Å²) >= 11 is 1.48. The Morgan fingerprint density at radius 2 is 1.96 bits per heavy atom. The number of benzene rings is 1. The largest absolute Gasteiger partial charge is 0.333 e. The molecule has 6 heteroatoms. The van der Waals surface area contributed by atoms with Crippen LogP contribution in [0.2, 0.25) is 0 Å². The van der Waals surface area contributed by atoms with E-state index in [0.29, 0.717) is 23.8 Å². The maximum atomic E-state index is 12.6. The summed E-state index contributed by atoms with van der Waals surface area (Å²) in [7, 11) is 0. The minimum absolute atomic E-state index is 0.0251. The van der Waals surface area contributed by atoms with Gasteiger partial charge >= 0.3 is 0 Å². The summed E-state index contributed by atoms with van der Waals surface area (Å²) in [4.78, 5) is 32.3. The summed E-state index contributed by atoms with van der Waals surface area (Å²) in [6.07, 6.45) is 2.38. The van der Waals surface area contributed by atoms with Crippen molar-refractivity contribution in [2.75, 3.05) is 11.9 Å². The zero-order valence-corrected chi connectivity index (χ0v) is 15.4. The Labute approximate surface area is 152 Å². The normalized spacial score (nSPS) is 13.6. The number of fused-ring (bicyclic) bond motifs is 1. The van der Waals surface area contributed by atoms with Crippen LogP contribution in [0, 0.1) is 5.92 Å². The van der Waals surface area contributed by atoms with E-state index in [0.717, 1.165) is 29.8 Å². The van der Waals surface area contributed by atoms with Gasteiger partial charge in [-0.2, -0.15) is 0 Å². The maximum Gasteiger partial charge on any atom is 0.254 e. The molecule has 0 fully saturated rings. The number of carbonyl (C=O) groups is 2. The summed E-state index contributed by atoms with van der Waals surface area (Å²) in [6.45, 7) is 5.26. The number of nitrogens with one attached hydrogen (secondary N) is 1. The maximum absolute atomic E-state index is 12.6. The number of nitrogens with zero attached hydrogens (tertiary/aromatic N) is 2. The fraction of sp³-hybridized carbons (Fsp3) is 0.421. The van der Waals surface area contributed by atoms with Gasteiger partial charge < -0.3 is 10.2 Å². The monoisotopic (exact) mass is 357 g/mol. The third-order valence-electron chi connectivity index (χ3n) is 4.63. The minimum Gasteiger partial charge on any atom is -0.333 e. The molecule has 0 bridgehead atoms. The van der Waals surface area contributed by atoms with Gasteiger partial charge in [-0.1, -0.05) is 43.4 Å². The first kappa shape index (κ1) is 17.6. The molecule has 2 aromatic rings. The smallest absolute Gasteiger partial charge is 0.254 e. The van der Waals surface area contributed by atoms with E-state index in [2.05, 4.69) is 10.3 Å². The van der Waals surface area contributed by atoms with Crippen molar-refractivity contribution < 1.29 is 9.59 Å². The van der Waals surface area contributed by atoms with Gasteiger partial charge in [0.1, 0.15) is 0 Å². The molecule has 2 amide bonds. The molecule has 0 radical (unpaired) electrons. The highest BCUT2D eigenvalue weighted by atomic mass is 32.1. The van der Waals surface area contributed by atoms with Gasteiger partial charge in [0.05, 0.1) is 12.2 Å². The third kappa shape index (κ3) is 3.90. The fourth-order valence-electron chi connectivity index (χ4n) is 3.05. The number of aromatic nitrogens is 1. The number of carbonyl (C=O) groups excluding carboxylic acids is 2. The van der Waals surface area contributed by atoms with Crippen LogP contribution in [0.1, 0.15) is 47.6 Å². The van der Waals surface area contributed by atoms with Gasteiger partial charge in [0, 0.05) is 29.3 Å². The van der Waals surface area contributed by atoms with Gasteiger partial charge in [-0.05, 0) is 25.0 Å². The number of anilines is 1. The Morgan fingerprint density at radius 3 is 2.64 bits per heavy atom. The number of hydrogen-bond donors (Lipinski definition) is 1. The van der Waals surface area contributed by atoms with Gasteiger partial charge in [0.25, 0.3) is 5.91 Å². The first-order valence-electron chi connectivity index (χ1n) is 8.76. The van der Waals surface area contributed by atoms with Crippen molar-refractivity contribution in [3.05, 3.63) is 46.5 Å². The van der Waals surface area contributed by atoms with Crippen molar-refractivity contribution in [1.82, 2.24) is 9.88 Å². The molecule has 0 unspecified atom stereocenters. The van der Waals surface area contributed by atoms with Gasteiger partial charge in [-0.25, -0.2) is 4.98 Å². The number of thiazole rings is 1. The SMILES string of the molecule is CCC(CC)C(=O)Nc1nc2c(s1)CN(C(=O)c1ccccc1)CC2. The average Bonchev–Trinajstić information content (AvgIpc) is 3.04. The van der Waals surface area contributed by atoms with Gasteiger partial charge in [0.15, 0.2) is 5.13 Å². The molecule has 1 aromatic heterocycles. The molecule has 1 N–H and O–H groups in total. The van der Waals surface area contributed by atoms with Crippen LogP contribution in [-0.2, 0) is 17.8 Å². The van der Waals surface area contributed by atoms with Crippen LogP contribution in [0.4, 0.5) is 5.13 Å². The van der Waals surface area contributed by atoms with E-state index >= 15 is 0 Å². The van der Waals surface area contributed by atoms with Crippen LogP contribution in [0.15, 0.2) is 30.3 Å². The van der Waals surface area contributed by atoms with Crippen LogP contribution in [0.25, 0.3) is 0 Å². The second-order valence-electron chi connectivity index (χ2n) is 6.23. The Hall–Kier alpha value is -2.21. The van der Waals surface area contributed by atoms with Crippen molar-refractivity contribution in [3.63, 3.8) is 0 Å². The average molecular weight is 357 g/mol. The molecule has 0 spiro atoms. The van der Waals surface area contributed by atoms with Gasteiger partial charge in [-0.3, -0.25) is 9.59 Å². The van der Waals surface area contributed by atoms with Crippen LogP contribution in [0.3, 0.4) is 0 Å². The number of rotatable bonds is 5. The molecule has 1 aliphatic heterocycles. The lowest BCUT2D eigenvalue weighted by atomic mass is 10.0. The summed E-state index contributed by atoms with van der Waals surface area (Å²) in [6, 6.07) is 9.34. The lowest BCUT2D eigenvalue weighted by Crippen LogP contribution is -2.35. The Balaban J connectivity index is 1.69. The van der Waals surface area contributed by atoms with Crippen LogP contribution < -0.4 is 5.32 Å². The molecule has 25 heavy (non-hydrogen) atoms. The first-order chi connectivity index (χ1) is 12.1. The molecule has 1 aromatic carbocycles. The Morgan fingerprint density at radius 1 is 1.24 bits per heavy atom. The summed E-state index contributed by atoms with van der Waals surface area (Å²) < 4.78 is 0. The second kappa shape index (κ2) is 7.78. The van der Waals surface area contributed by atoms with E-state index in [-0.39, 0.29) is 17.7 Å². The molecule has 5 nitrogen and oxygen atoms in total. The minimum atomic E-state index is 0.0251. The van der Waals surface area contributed by atoms with E-state index < -0.39 is 0 Å². The molecule has 0 atom stereocenters. The van der Waals surface area contributed by atoms with Crippen molar-refractivity contribution in [1.29, 1.82) is 0 Å². The Bertz CT molecular complexity index is 753. The predicted octanol–water partition coefficient (Wildman–Crippen LogP) is 3.72. The zero-order valence-electron chi connectivity index (χ0n) is 14.6. The molecule has 0 saturated heterocycles. The molecule has 132 valence electrons. The van der Waals surface area contributed by atoms with E-state index in [1.165, 1.54) is 11.3 Å². The van der Waals surface area contributed by atoms with Gasteiger partial charge in [0.2, 0.25) is 5.91 Å². The Kier molecular flexibility index (Phi) is 5.48.